The third-order valence-electron chi connectivity index (χ3n) is 13.5. The van der Waals surface area contributed by atoms with Crippen molar-refractivity contribution in [2.24, 2.45) is 5.41 Å². The molecule has 0 atom stereocenters. The van der Waals surface area contributed by atoms with Crippen LogP contribution in [0.3, 0.4) is 0 Å². The van der Waals surface area contributed by atoms with Crippen molar-refractivity contribution in [2.75, 3.05) is 107 Å². The highest BCUT2D eigenvalue weighted by Gasteiger charge is 2.32. The van der Waals surface area contributed by atoms with E-state index in [9.17, 15) is 27.9 Å². The first-order valence-corrected chi connectivity index (χ1v) is 28.2. The summed E-state index contributed by atoms with van der Waals surface area (Å²) in [5.74, 6) is -0.532. The summed E-state index contributed by atoms with van der Waals surface area (Å²) in [7, 11) is -6.08. The number of hydrogen-bond donors (Lipinski definition) is 3. The molecule has 3 aromatic carbocycles. The third kappa shape index (κ3) is 12.6. The van der Waals surface area contributed by atoms with E-state index in [1.165, 1.54) is 28.8 Å². The summed E-state index contributed by atoms with van der Waals surface area (Å²) in [6, 6.07) is 20.9. The minimum Gasteiger partial charge on any atom is -0.476 e. The molecule has 0 saturated carbocycles. The third-order valence-corrected chi connectivity index (χ3v) is 17.1. The van der Waals surface area contributed by atoms with Crippen molar-refractivity contribution in [2.45, 2.75) is 58.3 Å². The van der Waals surface area contributed by atoms with Gasteiger partial charge in [-0.3, -0.25) is 24.4 Å². The molecular formula is C51H65ClN9O9PS. The van der Waals surface area contributed by atoms with Crippen molar-refractivity contribution < 1.29 is 36.5 Å². The van der Waals surface area contributed by atoms with Crippen molar-refractivity contribution in [3.05, 3.63) is 111 Å². The van der Waals surface area contributed by atoms with E-state index >= 15 is 0 Å². The Morgan fingerprint density at radius 3 is 2.46 bits per heavy atom. The summed E-state index contributed by atoms with van der Waals surface area (Å²) in [6.07, 6.45) is 5.72. The standard InChI is InChI=1S/C51H65ClN9O9PS/c1-6-69-71(65,70-7-2)30-28-57(5)23-21-53-44-16-14-41(33-46(44)61(63)64)72(66,67)56-49(62)42-15-13-40(32-45(42)60-22-8-29-68-50-47(60)31-37-18-20-54-48(37)55-50)59-26-24-58(25-27-59)35-38-17-19-51(3,4)34-43(38)36-9-11-39(52)12-10-36/h9-16,18,20,31-33,53H,6-8,17,19,21-30,34-35H2,1-5H3,(H,54,55)(H,56,62). The Morgan fingerprint density at radius 1 is 0.986 bits per heavy atom. The van der Waals surface area contributed by atoms with Gasteiger partial charge in [0.25, 0.3) is 21.6 Å². The van der Waals surface area contributed by atoms with Gasteiger partial charge in [0.05, 0.1) is 47.1 Å². The molecule has 1 fully saturated rings. The number of nitrogens with zero attached hydrogens (tertiary/aromatic N) is 6. The number of amides is 1. The molecule has 4 heterocycles. The SMILES string of the molecule is CCOP(=O)(CCN(C)CCNc1ccc(S(=O)(=O)NC(=O)c2ccc(N3CCN(CC4=C(c5ccc(Cl)cc5)CC(C)(C)CC4)CC3)cc2N2CCCOc3nc4[nH]ccc4cc32)cc1[N+](=O)[O-])OCC. The molecular weight excluding hydrogens is 981 g/mol. The topological polar surface area (TPSA) is 205 Å². The number of allylic oxidation sites excluding steroid dienone is 1. The molecule has 72 heavy (non-hydrogen) atoms. The van der Waals surface area contributed by atoms with E-state index in [0.717, 1.165) is 74.1 Å². The number of sulfonamides is 1. The number of H-pyrrole nitrogens is 1. The number of carbonyl (C=O) groups excluding carboxylic acids is 1. The van der Waals surface area contributed by atoms with E-state index in [1.54, 1.807) is 26.1 Å². The van der Waals surface area contributed by atoms with E-state index in [1.807, 2.05) is 53.2 Å². The minimum absolute atomic E-state index is 0.0839. The highest BCUT2D eigenvalue weighted by molar-refractivity contribution is 7.90. The summed E-state index contributed by atoms with van der Waals surface area (Å²) >= 11 is 6.28. The van der Waals surface area contributed by atoms with Gasteiger partial charge >= 0.3 is 7.60 Å². The molecule has 5 aromatic rings. The van der Waals surface area contributed by atoms with Crippen molar-refractivity contribution >= 4 is 80.2 Å². The zero-order valence-corrected chi connectivity index (χ0v) is 44.1. The first-order chi connectivity index (χ1) is 34.4. The van der Waals surface area contributed by atoms with Gasteiger partial charge in [0.15, 0.2) is 0 Å². The summed E-state index contributed by atoms with van der Waals surface area (Å²) in [4.78, 5) is 42.2. The van der Waals surface area contributed by atoms with Crippen LogP contribution in [0.1, 0.15) is 69.3 Å². The average molecular weight is 1050 g/mol. The van der Waals surface area contributed by atoms with Gasteiger partial charge in [-0.05, 0) is 118 Å². The Labute approximate surface area is 426 Å². The number of anilines is 4. The van der Waals surface area contributed by atoms with Crippen LogP contribution in [0.4, 0.5) is 28.4 Å². The molecule has 2 aromatic heterocycles. The predicted octanol–water partition coefficient (Wildman–Crippen LogP) is 9.56. The van der Waals surface area contributed by atoms with Crippen LogP contribution in [0.5, 0.6) is 5.88 Å². The second kappa shape index (κ2) is 22.7. The highest BCUT2D eigenvalue weighted by Crippen LogP contribution is 2.48. The average Bonchev–Trinajstić information content (AvgIpc) is 3.71. The summed E-state index contributed by atoms with van der Waals surface area (Å²) in [5, 5.41) is 16.9. The zero-order chi connectivity index (χ0) is 51.2. The summed E-state index contributed by atoms with van der Waals surface area (Å²) in [6.45, 7) is 14.5. The van der Waals surface area contributed by atoms with Crippen LogP contribution in [0.2, 0.25) is 5.02 Å². The van der Waals surface area contributed by atoms with E-state index in [2.05, 4.69) is 50.8 Å². The second-order valence-corrected chi connectivity index (χ2v) is 23.6. The maximum atomic E-state index is 14.5. The number of nitro benzene ring substituents is 1. The number of carbonyl (C=O) groups is 1. The fourth-order valence-corrected chi connectivity index (χ4v) is 12.4. The number of nitrogens with one attached hydrogen (secondary N) is 3. The highest BCUT2D eigenvalue weighted by atomic mass is 35.5. The van der Waals surface area contributed by atoms with Crippen molar-refractivity contribution in [1.82, 2.24) is 24.5 Å². The van der Waals surface area contributed by atoms with Gasteiger partial charge in [0.1, 0.15) is 17.0 Å². The molecule has 0 unspecified atom stereocenters. The molecule has 1 amide bonds. The number of fused-ring (bicyclic) bond motifs is 2. The molecule has 386 valence electrons. The summed E-state index contributed by atoms with van der Waals surface area (Å²) < 4.78 is 60.1. The van der Waals surface area contributed by atoms with Gasteiger partial charge in [-0.25, -0.2) is 13.1 Å². The molecule has 1 aliphatic carbocycles. The molecule has 18 nitrogen and oxygen atoms in total. The first kappa shape index (κ1) is 52.8. The second-order valence-electron chi connectivity index (χ2n) is 19.2. The number of ether oxygens (including phenoxy) is 1. The fraction of sp³-hybridized carbons (Fsp3) is 0.451. The molecule has 2 aliphatic heterocycles. The van der Waals surface area contributed by atoms with Gasteiger partial charge in [-0.2, -0.15) is 4.98 Å². The van der Waals surface area contributed by atoms with E-state index in [-0.39, 0.29) is 42.6 Å². The number of hydrogen-bond acceptors (Lipinski definition) is 15. The summed E-state index contributed by atoms with van der Waals surface area (Å²) in [5.41, 5.74) is 6.60. The molecule has 3 N–H and O–H groups in total. The number of nitro groups is 1. The molecule has 21 heteroatoms. The number of benzene rings is 3. The molecule has 0 radical (unpaired) electrons. The Hall–Kier alpha value is -5.53. The lowest BCUT2D eigenvalue weighted by molar-refractivity contribution is -0.384. The van der Waals surface area contributed by atoms with Gasteiger partial charge in [0.2, 0.25) is 5.88 Å². The van der Waals surface area contributed by atoms with Crippen LogP contribution in [-0.4, -0.2) is 131 Å². The first-order valence-electron chi connectivity index (χ1n) is 24.6. The lowest BCUT2D eigenvalue weighted by atomic mass is 9.72. The maximum absolute atomic E-state index is 14.5. The van der Waals surface area contributed by atoms with Crippen molar-refractivity contribution in [1.29, 1.82) is 0 Å². The van der Waals surface area contributed by atoms with Crippen molar-refractivity contribution in [3.8, 4) is 5.88 Å². The molecule has 1 saturated heterocycles. The van der Waals surface area contributed by atoms with Crippen molar-refractivity contribution in [3.63, 3.8) is 0 Å². The Balaban J connectivity index is 1.02. The van der Waals surface area contributed by atoms with Gasteiger partial charge in [-0.15, -0.1) is 0 Å². The number of pyridine rings is 1. The lowest BCUT2D eigenvalue weighted by Gasteiger charge is -2.39. The van der Waals surface area contributed by atoms with E-state index < -0.39 is 39.0 Å². The van der Waals surface area contributed by atoms with Gasteiger partial charge in [0, 0.05) is 87.3 Å². The van der Waals surface area contributed by atoms with Gasteiger partial charge < -0.3 is 38.8 Å². The predicted molar refractivity (Wildman–Crippen MR) is 284 cm³/mol. The normalized spacial score (nSPS) is 16.7. The van der Waals surface area contributed by atoms with Crippen LogP contribution < -0.4 is 24.6 Å². The fourth-order valence-electron chi connectivity index (χ4n) is 9.61. The van der Waals surface area contributed by atoms with Gasteiger partial charge in [-0.1, -0.05) is 43.2 Å². The molecule has 8 rings (SSSR count). The number of aromatic nitrogens is 2. The molecule has 0 bridgehead atoms. The Kier molecular flexibility index (Phi) is 16.6. The van der Waals surface area contributed by atoms with E-state index in [4.69, 9.17) is 30.4 Å². The molecule has 0 spiro atoms. The maximum Gasteiger partial charge on any atom is 0.331 e. The smallest absolute Gasteiger partial charge is 0.331 e. The number of aromatic amines is 1. The lowest BCUT2D eigenvalue weighted by Crippen LogP contribution is -2.47. The zero-order valence-electron chi connectivity index (χ0n) is 41.6. The van der Waals surface area contributed by atoms with Crippen LogP contribution in [0, 0.1) is 15.5 Å². The van der Waals surface area contributed by atoms with Crippen LogP contribution in [0.15, 0.2) is 89.5 Å². The van der Waals surface area contributed by atoms with E-state index in [0.29, 0.717) is 55.6 Å². The number of rotatable bonds is 20. The minimum atomic E-state index is -4.64. The number of piperazine rings is 1. The number of halogens is 1. The Bertz CT molecular complexity index is 2950. The quantitative estimate of drug-likeness (QED) is 0.0377. The van der Waals surface area contributed by atoms with Crippen LogP contribution >= 0.6 is 19.2 Å². The molecule has 3 aliphatic rings. The van der Waals surface area contributed by atoms with Crippen LogP contribution in [0.25, 0.3) is 16.6 Å². The Morgan fingerprint density at radius 2 is 1.74 bits per heavy atom. The monoisotopic (exact) mass is 1050 g/mol. The number of likely N-dealkylation sites (N-methyl/N-ethyl adjacent to an activating group) is 1. The largest absolute Gasteiger partial charge is 0.476 e. The van der Waals surface area contributed by atoms with Crippen LogP contribution in [-0.2, 0) is 23.6 Å².